The van der Waals surface area contributed by atoms with Crippen LogP contribution in [-0.2, 0) is 52.5 Å². The summed E-state index contributed by atoms with van der Waals surface area (Å²) in [7, 11) is 0. The maximum Gasteiger partial charge on any atom is 0.303 e. The van der Waals surface area contributed by atoms with Gasteiger partial charge >= 0.3 is 23.9 Å². The van der Waals surface area contributed by atoms with Crippen molar-refractivity contribution in [1.82, 2.24) is 4.90 Å². The Bertz CT molecular complexity index is 780. The van der Waals surface area contributed by atoms with Gasteiger partial charge in [-0.2, -0.15) is 0 Å². The van der Waals surface area contributed by atoms with Crippen LogP contribution < -0.4 is 0 Å². The second kappa shape index (κ2) is 9.83. The van der Waals surface area contributed by atoms with E-state index in [1.165, 1.54) is 0 Å². The fraction of sp³-hybridized carbons (Fsp3) is 0.667. The highest BCUT2D eigenvalue weighted by Gasteiger charge is 2.57. The van der Waals surface area contributed by atoms with Crippen molar-refractivity contribution < 1.29 is 57.6 Å². The van der Waals surface area contributed by atoms with Gasteiger partial charge in [-0.15, -0.1) is 0 Å². The summed E-state index contributed by atoms with van der Waals surface area (Å²) in [6.07, 6.45) is -9.69. The maximum absolute atomic E-state index is 12.4. The van der Waals surface area contributed by atoms with E-state index in [0.29, 0.717) is 4.90 Å². The molecule has 0 aromatic heterocycles. The van der Waals surface area contributed by atoms with Crippen molar-refractivity contribution in [3.05, 3.63) is 0 Å². The minimum atomic E-state index is -1.65. The van der Waals surface area contributed by atoms with Gasteiger partial charge in [0.1, 0.15) is 18.8 Å². The van der Waals surface area contributed by atoms with E-state index in [1.54, 1.807) is 0 Å². The summed E-state index contributed by atoms with van der Waals surface area (Å²) < 4.78 is 26.2. The molecule has 0 saturated carbocycles. The molecule has 2 rings (SSSR count). The number of rotatable bonds is 6. The average molecular weight is 445 g/mol. The molecule has 0 spiro atoms. The van der Waals surface area contributed by atoms with Gasteiger partial charge in [0.25, 0.3) is 5.91 Å². The van der Waals surface area contributed by atoms with Crippen LogP contribution in [0.15, 0.2) is 0 Å². The number of esters is 4. The Labute approximate surface area is 176 Å². The summed E-state index contributed by atoms with van der Waals surface area (Å²) in [6, 6.07) is 0. The Balaban J connectivity index is 2.53. The van der Waals surface area contributed by atoms with E-state index >= 15 is 0 Å². The number of ether oxygens (including phenoxy) is 5. The molecule has 31 heavy (non-hydrogen) atoms. The fourth-order valence-electron chi connectivity index (χ4n) is 3.32. The smallest absolute Gasteiger partial charge is 0.303 e. The van der Waals surface area contributed by atoms with Crippen molar-refractivity contribution in [2.24, 2.45) is 0 Å². The summed E-state index contributed by atoms with van der Waals surface area (Å²) in [6.45, 7) is 3.72. The number of carbonyl (C=O) groups is 6. The van der Waals surface area contributed by atoms with Gasteiger partial charge in [-0.1, -0.05) is 0 Å². The number of hydrogen-bond donors (Lipinski definition) is 1. The third-order valence-electron chi connectivity index (χ3n) is 4.38. The van der Waals surface area contributed by atoms with E-state index in [1.807, 2.05) is 0 Å². The predicted octanol–water partition coefficient (Wildman–Crippen LogP) is -1.81. The van der Waals surface area contributed by atoms with Crippen LogP contribution in [0.25, 0.3) is 0 Å². The van der Waals surface area contributed by atoms with Crippen LogP contribution in [0.2, 0.25) is 0 Å². The molecule has 0 aromatic carbocycles. The van der Waals surface area contributed by atoms with E-state index in [9.17, 15) is 33.9 Å². The van der Waals surface area contributed by atoms with Crippen LogP contribution in [0, 0.1) is 0 Å². The zero-order valence-corrected chi connectivity index (χ0v) is 17.3. The van der Waals surface area contributed by atoms with Crippen molar-refractivity contribution in [1.29, 1.82) is 0 Å². The number of amides is 2. The molecule has 0 unspecified atom stereocenters. The second-order valence-electron chi connectivity index (χ2n) is 6.91. The summed E-state index contributed by atoms with van der Waals surface area (Å²) in [5.41, 5.74) is 0. The molecule has 0 aliphatic carbocycles. The molecular formula is C18H23NO12. The molecule has 0 bridgehead atoms. The zero-order chi connectivity index (χ0) is 23.5. The lowest BCUT2D eigenvalue weighted by atomic mass is 9.96. The molecule has 0 radical (unpaired) electrons. The van der Waals surface area contributed by atoms with Gasteiger partial charge in [0.2, 0.25) is 5.91 Å². The van der Waals surface area contributed by atoms with E-state index in [2.05, 4.69) is 0 Å². The molecule has 2 heterocycles. The number of aliphatic hydroxyl groups excluding tert-OH is 1. The third-order valence-corrected chi connectivity index (χ3v) is 4.38. The first-order chi connectivity index (χ1) is 14.4. The molecule has 2 aliphatic rings. The van der Waals surface area contributed by atoms with Crippen LogP contribution in [-0.4, -0.2) is 89.1 Å². The number of carbonyl (C=O) groups excluding carboxylic acids is 6. The first-order valence-corrected chi connectivity index (χ1v) is 9.26. The molecule has 1 N–H and O–H groups in total. The van der Waals surface area contributed by atoms with Crippen LogP contribution >= 0.6 is 0 Å². The summed E-state index contributed by atoms with van der Waals surface area (Å²) in [5.74, 6) is -5.12. The van der Waals surface area contributed by atoms with Crippen LogP contribution in [0.4, 0.5) is 0 Å². The first-order valence-electron chi connectivity index (χ1n) is 9.26. The Kier molecular flexibility index (Phi) is 7.68. The zero-order valence-electron chi connectivity index (χ0n) is 17.3. The monoisotopic (exact) mass is 445 g/mol. The second-order valence-corrected chi connectivity index (χ2v) is 6.91. The van der Waals surface area contributed by atoms with Crippen molar-refractivity contribution in [2.45, 2.75) is 70.9 Å². The van der Waals surface area contributed by atoms with Gasteiger partial charge in [0.15, 0.2) is 24.5 Å². The SMILES string of the molecule is CC(=O)OC[C@H]1O[C@@H](N2C(=O)C[C@@H](O)C2=O)[C@H](OC(C)=O)[C@@H](OC(C)=O)[C@@H]1OC(C)=O. The minimum absolute atomic E-state index is 0.507. The minimum Gasteiger partial charge on any atom is -0.463 e. The average Bonchev–Trinajstić information content (AvgIpc) is 2.88. The number of imide groups is 1. The van der Waals surface area contributed by atoms with Crippen molar-refractivity contribution in [2.75, 3.05) is 6.61 Å². The number of nitrogens with zero attached hydrogens (tertiary/aromatic N) is 1. The summed E-state index contributed by atoms with van der Waals surface area (Å²) >= 11 is 0. The lowest BCUT2D eigenvalue weighted by Crippen LogP contribution is -2.67. The topological polar surface area (TPSA) is 172 Å². The highest BCUT2D eigenvalue weighted by Crippen LogP contribution is 2.33. The molecule has 2 amide bonds. The van der Waals surface area contributed by atoms with E-state index < -0.39 is 85.5 Å². The quantitative estimate of drug-likeness (QED) is 0.276. The molecule has 13 nitrogen and oxygen atoms in total. The van der Waals surface area contributed by atoms with Gasteiger partial charge in [-0.05, 0) is 0 Å². The molecule has 13 heteroatoms. The third kappa shape index (κ3) is 5.76. The predicted molar refractivity (Wildman–Crippen MR) is 94.4 cm³/mol. The molecule has 0 aromatic rings. The number of hydrogen-bond acceptors (Lipinski definition) is 12. The van der Waals surface area contributed by atoms with Crippen molar-refractivity contribution >= 4 is 35.7 Å². The van der Waals surface area contributed by atoms with Crippen molar-refractivity contribution in [3.63, 3.8) is 0 Å². The maximum atomic E-state index is 12.4. The highest BCUT2D eigenvalue weighted by atomic mass is 16.7. The lowest BCUT2D eigenvalue weighted by molar-refractivity contribution is -0.272. The molecule has 2 fully saturated rings. The van der Waals surface area contributed by atoms with Gasteiger partial charge in [-0.3, -0.25) is 28.8 Å². The molecule has 2 aliphatic heterocycles. The summed E-state index contributed by atoms with van der Waals surface area (Å²) in [5, 5.41) is 9.76. The van der Waals surface area contributed by atoms with Crippen LogP contribution in [0.1, 0.15) is 34.1 Å². The van der Waals surface area contributed by atoms with Crippen LogP contribution in [0.3, 0.4) is 0 Å². The summed E-state index contributed by atoms with van der Waals surface area (Å²) in [4.78, 5) is 71.6. The fourth-order valence-corrected chi connectivity index (χ4v) is 3.32. The normalized spacial score (nSPS) is 30.5. The molecule has 172 valence electrons. The number of likely N-dealkylation sites (tertiary alicyclic amines) is 1. The van der Waals surface area contributed by atoms with Crippen LogP contribution in [0.5, 0.6) is 0 Å². The van der Waals surface area contributed by atoms with Gasteiger partial charge in [-0.25, -0.2) is 4.90 Å². The van der Waals surface area contributed by atoms with Gasteiger partial charge in [0.05, 0.1) is 6.42 Å². The van der Waals surface area contributed by atoms with Gasteiger partial charge in [0, 0.05) is 27.7 Å². The number of aliphatic hydroxyl groups is 1. The lowest BCUT2D eigenvalue weighted by Gasteiger charge is -2.46. The van der Waals surface area contributed by atoms with E-state index in [0.717, 1.165) is 27.7 Å². The first kappa shape index (κ1) is 24.2. The Morgan fingerprint density at radius 1 is 0.903 bits per heavy atom. The standard InChI is InChI=1S/C18H23NO12/c1-7(20)27-6-12-14(28-8(2)21)15(29-9(3)22)16(30-10(4)23)18(31-12)19-13(25)5-11(24)17(19)26/h11-12,14-16,18,24H,5-6H2,1-4H3/t11-,12-,14-,15+,16-,18-/m1/s1. The van der Waals surface area contributed by atoms with E-state index in [-0.39, 0.29) is 0 Å². The Hall–Kier alpha value is -3.06. The van der Waals surface area contributed by atoms with Crippen molar-refractivity contribution in [3.8, 4) is 0 Å². The Morgan fingerprint density at radius 3 is 1.87 bits per heavy atom. The molecular weight excluding hydrogens is 422 g/mol. The van der Waals surface area contributed by atoms with Gasteiger partial charge < -0.3 is 28.8 Å². The highest BCUT2D eigenvalue weighted by molar-refractivity contribution is 6.05. The van der Waals surface area contributed by atoms with E-state index in [4.69, 9.17) is 23.7 Å². The largest absolute Gasteiger partial charge is 0.463 e. The molecule has 6 atom stereocenters. The Morgan fingerprint density at radius 2 is 1.42 bits per heavy atom. The molecule has 2 saturated heterocycles.